The number of nitrogens with one attached hydrogen (secondary N) is 1. The maximum atomic E-state index is 14.1. The first kappa shape index (κ1) is 22.5. The Labute approximate surface area is 180 Å². The van der Waals surface area contributed by atoms with Crippen LogP contribution in [0.25, 0.3) is 10.9 Å². The monoisotopic (exact) mass is 429 g/mol. The lowest BCUT2D eigenvalue weighted by molar-refractivity contribution is -0.139. The first-order valence-electron chi connectivity index (χ1n) is 10.3. The minimum absolute atomic E-state index is 0.0958. The molecule has 3 N–H and O–H groups in total. The van der Waals surface area contributed by atoms with Gasteiger partial charge in [-0.25, -0.2) is 4.39 Å². The summed E-state index contributed by atoms with van der Waals surface area (Å²) in [7, 11) is 0. The second kappa shape index (κ2) is 8.87. The van der Waals surface area contributed by atoms with E-state index in [0.29, 0.717) is 29.4 Å². The zero-order valence-corrected chi connectivity index (χ0v) is 18.2. The number of benzene rings is 1. The molecule has 0 radical (unpaired) electrons. The maximum Gasteiger partial charge on any atom is 0.269 e. The van der Waals surface area contributed by atoms with Gasteiger partial charge in [0, 0.05) is 11.9 Å². The van der Waals surface area contributed by atoms with Gasteiger partial charge in [0.15, 0.2) is 5.69 Å². The van der Waals surface area contributed by atoms with E-state index >= 15 is 0 Å². The highest BCUT2D eigenvalue weighted by Crippen LogP contribution is 2.25. The molecular weight excluding hydrogens is 401 g/mol. The fourth-order valence-electron chi connectivity index (χ4n) is 4.02. The predicted octanol–water partition coefficient (Wildman–Crippen LogP) is 2.14. The number of nitrogens with two attached hydrogens (primary N) is 1. The number of allylic oxidation sites excluding steroid dienone is 1. The number of primary amides is 1. The molecule has 0 spiro atoms. The van der Waals surface area contributed by atoms with Crippen molar-refractivity contribution in [1.82, 2.24) is 20.0 Å². The van der Waals surface area contributed by atoms with Gasteiger partial charge in [0.1, 0.15) is 18.4 Å². The summed E-state index contributed by atoms with van der Waals surface area (Å²) in [6.07, 6.45) is 0.493. The highest BCUT2D eigenvalue weighted by atomic mass is 19.1. The van der Waals surface area contributed by atoms with Crippen LogP contribution in [-0.4, -0.2) is 51.0 Å². The van der Waals surface area contributed by atoms with Gasteiger partial charge in [-0.15, -0.1) is 0 Å². The van der Waals surface area contributed by atoms with E-state index in [1.807, 2.05) is 6.92 Å². The van der Waals surface area contributed by atoms with Gasteiger partial charge < -0.3 is 16.0 Å². The quantitative estimate of drug-likeness (QED) is 0.733. The standard InChI is InChI=1S/C22H28FN5O3/c1-12(2)19(23)14(4)25-22(31)17-9-13(3)10-27(17)18(29)11-28-16-8-6-5-7-15(16)20(26-28)21(24)30/h5-8,13-14,17H,9-11H2,1-4H3,(H2,24,30)(H,25,31)/t13-,14?,17-/m0/s1. The van der Waals surface area contributed by atoms with Crippen LogP contribution in [0.2, 0.25) is 0 Å². The Morgan fingerprint density at radius 3 is 2.61 bits per heavy atom. The molecule has 31 heavy (non-hydrogen) atoms. The number of fused-ring (bicyclic) bond motifs is 1. The van der Waals surface area contributed by atoms with E-state index in [4.69, 9.17) is 5.73 Å². The second-order valence-corrected chi connectivity index (χ2v) is 8.37. The number of amides is 3. The van der Waals surface area contributed by atoms with Crippen molar-refractivity contribution in [3.8, 4) is 0 Å². The number of likely N-dealkylation sites (tertiary alicyclic amines) is 1. The van der Waals surface area contributed by atoms with E-state index in [9.17, 15) is 18.8 Å². The summed E-state index contributed by atoms with van der Waals surface area (Å²) in [6, 6.07) is 5.56. The molecule has 2 heterocycles. The smallest absolute Gasteiger partial charge is 0.269 e. The van der Waals surface area contributed by atoms with Gasteiger partial charge in [0.2, 0.25) is 11.8 Å². The van der Waals surface area contributed by atoms with Crippen molar-refractivity contribution in [2.45, 2.75) is 52.7 Å². The predicted molar refractivity (Wildman–Crippen MR) is 115 cm³/mol. The van der Waals surface area contributed by atoms with Crippen LogP contribution in [-0.2, 0) is 16.1 Å². The molecule has 2 aromatic rings. The maximum absolute atomic E-state index is 14.1. The van der Waals surface area contributed by atoms with Crippen molar-refractivity contribution in [2.24, 2.45) is 11.7 Å². The minimum Gasteiger partial charge on any atom is -0.364 e. The van der Waals surface area contributed by atoms with Crippen LogP contribution in [0.3, 0.4) is 0 Å². The van der Waals surface area contributed by atoms with Crippen LogP contribution in [0.15, 0.2) is 35.7 Å². The number of para-hydroxylation sites is 1. The van der Waals surface area contributed by atoms with Crippen LogP contribution in [0.5, 0.6) is 0 Å². The average Bonchev–Trinajstić information content (AvgIpc) is 3.28. The van der Waals surface area contributed by atoms with Crippen LogP contribution < -0.4 is 11.1 Å². The van der Waals surface area contributed by atoms with Crippen molar-refractivity contribution in [3.63, 3.8) is 0 Å². The van der Waals surface area contributed by atoms with Crippen LogP contribution in [0.1, 0.15) is 44.6 Å². The summed E-state index contributed by atoms with van der Waals surface area (Å²) in [4.78, 5) is 39.2. The summed E-state index contributed by atoms with van der Waals surface area (Å²) in [6.45, 7) is 7.09. The zero-order chi connectivity index (χ0) is 22.9. The molecule has 1 aromatic carbocycles. The third-order valence-electron chi connectivity index (χ3n) is 5.53. The topological polar surface area (TPSA) is 110 Å². The van der Waals surface area contributed by atoms with Gasteiger partial charge in [0.25, 0.3) is 5.91 Å². The first-order chi connectivity index (χ1) is 14.6. The Hall–Kier alpha value is -3.23. The number of hydrogen-bond acceptors (Lipinski definition) is 4. The molecule has 1 unspecified atom stereocenters. The second-order valence-electron chi connectivity index (χ2n) is 8.37. The fourth-order valence-corrected chi connectivity index (χ4v) is 4.02. The fraction of sp³-hybridized carbons (Fsp3) is 0.455. The van der Waals surface area contributed by atoms with E-state index in [1.54, 1.807) is 45.0 Å². The van der Waals surface area contributed by atoms with Gasteiger partial charge in [0.05, 0.1) is 11.6 Å². The lowest BCUT2D eigenvalue weighted by atomic mass is 10.1. The van der Waals surface area contributed by atoms with Gasteiger partial charge in [-0.2, -0.15) is 5.10 Å². The third-order valence-corrected chi connectivity index (χ3v) is 5.53. The highest BCUT2D eigenvalue weighted by Gasteiger charge is 2.38. The molecular formula is C22H28FN5O3. The number of hydrogen-bond donors (Lipinski definition) is 2. The molecule has 0 aliphatic carbocycles. The van der Waals surface area contributed by atoms with Crippen LogP contribution in [0, 0.1) is 5.92 Å². The molecule has 1 fully saturated rings. The molecule has 3 rings (SSSR count). The Morgan fingerprint density at radius 2 is 1.97 bits per heavy atom. The van der Waals surface area contributed by atoms with E-state index in [-0.39, 0.29) is 35.8 Å². The number of aromatic nitrogens is 2. The third kappa shape index (κ3) is 4.60. The van der Waals surface area contributed by atoms with Gasteiger partial charge >= 0.3 is 0 Å². The minimum atomic E-state index is -0.765. The van der Waals surface area contributed by atoms with Gasteiger partial charge in [-0.1, -0.05) is 25.1 Å². The van der Waals surface area contributed by atoms with Crippen LogP contribution >= 0.6 is 0 Å². The summed E-state index contributed by atoms with van der Waals surface area (Å²) in [5.74, 6) is -1.63. The number of nitrogens with zero attached hydrogens (tertiary/aromatic N) is 3. The Morgan fingerprint density at radius 1 is 1.29 bits per heavy atom. The highest BCUT2D eigenvalue weighted by molar-refractivity contribution is 6.04. The first-order valence-corrected chi connectivity index (χ1v) is 10.3. The molecule has 1 aliphatic heterocycles. The van der Waals surface area contributed by atoms with Crippen molar-refractivity contribution in [3.05, 3.63) is 41.4 Å². The van der Waals surface area contributed by atoms with E-state index in [1.165, 1.54) is 9.58 Å². The summed E-state index contributed by atoms with van der Waals surface area (Å²) in [5.41, 5.74) is 6.62. The van der Waals surface area contributed by atoms with Crippen molar-refractivity contribution in [1.29, 1.82) is 0 Å². The Balaban J connectivity index is 1.81. The molecule has 0 saturated carbocycles. The summed E-state index contributed by atoms with van der Waals surface area (Å²) in [5, 5.41) is 7.46. The number of carbonyl (C=O) groups excluding carboxylic acids is 3. The number of rotatable bonds is 6. The molecule has 1 aromatic heterocycles. The zero-order valence-electron chi connectivity index (χ0n) is 18.2. The van der Waals surface area contributed by atoms with Gasteiger partial charge in [-0.3, -0.25) is 19.1 Å². The Kier molecular flexibility index (Phi) is 6.42. The molecule has 3 atom stereocenters. The largest absolute Gasteiger partial charge is 0.364 e. The van der Waals surface area contributed by atoms with Crippen molar-refractivity contribution in [2.75, 3.05) is 6.54 Å². The molecule has 1 aliphatic rings. The molecule has 1 saturated heterocycles. The average molecular weight is 429 g/mol. The van der Waals surface area contributed by atoms with E-state index in [0.717, 1.165) is 0 Å². The summed E-state index contributed by atoms with van der Waals surface area (Å²) >= 11 is 0. The van der Waals surface area contributed by atoms with Crippen molar-refractivity contribution >= 4 is 28.6 Å². The number of carbonyl (C=O) groups is 3. The molecule has 3 amide bonds. The lowest BCUT2D eigenvalue weighted by Gasteiger charge is -2.25. The number of halogens is 1. The lowest BCUT2D eigenvalue weighted by Crippen LogP contribution is -2.49. The van der Waals surface area contributed by atoms with Crippen molar-refractivity contribution < 1.29 is 18.8 Å². The summed E-state index contributed by atoms with van der Waals surface area (Å²) < 4.78 is 15.6. The normalized spacial score (nSPS) is 19.3. The SMILES string of the molecule is CC(C)=C(F)C(C)NC(=O)[C@@H]1C[C@H](C)CN1C(=O)Cn1nc(C(N)=O)c2ccccc21. The van der Waals surface area contributed by atoms with E-state index in [2.05, 4.69) is 10.4 Å². The molecule has 9 heteroatoms. The van der Waals surface area contributed by atoms with E-state index < -0.39 is 18.0 Å². The Bertz CT molecular complexity index is 1060. The van der Waals surface area contributed by atoms with Crippen LogP contribution in [0.4, 0.5) is 4.39 Å². The molecule has 8 nitrogen and oxygen atoms in total. The van der Waals surface area contributed by atoms with Gasteiger partial charge in [-0.05, 0) is 44.7 Å². The molecule has 166 valence electrons. The molecule has 0 bridgehead atoms.